The van der Waals surface area contributed by atoms with Gasteiger partial charge >= 0.3 is 0 Å². The molecule has 0 heterocycles. The summed E-state index contributed by atoms with van der Waals surface area (Å²) in [5.41, 5.74) is 3.25. The van der Waals surface area contributed by atoms with E-state index in [9.17, 15) is 19.5 Å². The molecule has 1 atom stereocenters. The van der Waals surface area contributed by atoms with Crippen molar-refractivity contribution in [1.82, 2.24) is 5.32 Å². The minimum absolute atomic E-state index is 0.111. The Labute approximate surface area is 161 Å². The summed E-state index contributed by atoms with van der Waals surface area (Å²) >= 11 is 0. The summed E-state index contributed by atoms with van der Waals surface area (Å²) in [4.78, 5) is 37.1. The number of carboxylic acids is 1. The molecule has 1 aliphatic rings. The summed E-state index contributed by atoms with van der Waals surface area (Å²) in [6.45, 7) is 0. The van der Waals surface area contributed by atoms with Crippen LogP contribution < -0.4 is 10.4 Å². The number of carbonyl (C=O) groups excluding carboxylic acids is 3. The topological polar surface area (TPSA) is 86.3 Å². The second-order valence-electron chi connectivity index (χ2n) is 6.64. The lowest BCUT2D eigenvalue weighted by atomic mass is 9.98. The number of nitrogens with one attached hydrogen (secondary N) is 1. The SMILES string of the molecule is O=C(N[C@@H](Cc1ccccc1)C(=O)[O-])c1cccc2c1-c1ccccc1C2=O. The number of hydrogen-bond acceptors (Lipinski definition) is 4. The van der Waals surface area contributed by atoms with Gasteiger partial charge in [-0.1, -0.05) is 66.7 Å². The lowest BCUT2D eigenvalue weighted by molar-refractivity contribution is -0.308. The Balaban J connectivity index is 1.67. The van der Waals surface area contributed by atoms with Crippen molar-refractivity contribution in [3.05, 3.63) is 95.1 Å². The van der Waals surface area contributed by atoms with Gasteiger partial charge in [0.2, 0.25) is 0 Å². The highest BCUT2D eigenvalue weighted by atomic mass is 16.4. The number of amides is 1. The lowest BCUT2D eigenvalue weighted by Gasteiger charge is -2.20. The molecule has 1 amide bonds. The van der Waals surface area contributed by atoms with Crippen LogP contribution in [0.5, 0.6) is 0 Å². The van der Waals surface area contributed by atoms with Gasteiger partial charge in [0, 0.05) is 22.3 Å². The second kappa shape index (κ2) is 7.12. The number of benzene rings is 3. The van der Waals surface area contributed by atoms with E-state index in [0.717, 1.165) is 5.56 Å². The molecule has 138 valence electrons. The van der Waals surface area contributed by atoms with E-state index in [1.54, 1.807) is 66.7 Å². The first-order valence-corrected chi connectivity index (χ1v) is 8.89. The van der Waals surface area contributed by atoms with Crippen LogP contribution in [-0.4, -0.2) is 23.7 Å². The molecular weight excluding hydrogens is 354 g/mol. The summed E-state index contributed by atoms with van der Waals surface area (Å²) < 4.78 is 0. The van der Waals surface area contributed by atoms with Crippen molar-refractivity contribution in [3.63, 3.8) is 0 Å². The molecule has 0 aliphatic heterocycles. The van der Waals surface area contributed by atoms with E-state index >= 15 is 0 Å². The van der Waals surface area contributed by atoms with Crippen molar-refractivity contribution in [2.24, 2.45) is 0 Å². The minimum atomic E-state index is -1.36. The summed E-state index contributed by atoms with van der Waals surface area (Å²) in [5.74, 6) is -2.05. The molecule has 0 unspecified atom stereocenters. The first-order valence-electron chi connectivity index (χ1n) is 8.89. The van der Waals surface area contributed by atoms with E-state index in [2.05, 4.69) is 5.32 Å². The number of carbonyl (C=O) groups is 3. The Morgan fingerprint density at radius 2 is 1.46 bits per heavy atom. The van der Waals surface area contributed by atoms with E-state index < -0.39 is 17.9 Å². The Morgan fingerprint density at radius 1 is 0.821 bits per heavy atom. The van der Waals surface area contributed by atoms with Crippen molar-refractivity contribution < 1.29 is 19.5 Å². The normalized spacial score (nSPS) is 12.8. The van der Waals surface area contributed by atoms with Gasteiger partial charge in [0.25, 0.3) is 5.91 Å². The number of rotatable bonds is 5. The van der Waals surface area contributed by atoms with Gasteiger partial charge in [0.15, 0.2) is 5.78 Å². The van der Waals surface area contributed by atoms with E-state index in [1.807, 2.05) is 6.07 Å². The molecule has 3 aromatic rings. The third-order valence-electron chi connectivity index (χ3n) is 4.87. The van der Waals surface area contributed by atoms with Gasteiger partial charge in [-0.25, -0.2) is 0 Å². The van der Waals surface area contributed by atoms with Crippen LogP contribution in [0.4, 0.5) is 0 Å². The number of hydrogen-bond donors (Lipinski definition) is 1. The van der Waals surface area contributed by atoms with E-state index in [1.165, 1.54) is 0 Å². The molecule has 5 nitrogen and oxygen atoms in total. The Kier molecular flexibility index (Phi) is 4.49. The Hall–Kier alpha value is -3.73. The van der Waals surface area contributed by atoms with Crippen molar-refractivity contribution in [2.45, 2.75) is 12.5 Å². The van der Waals surface area contributed by atoms with Crippen molar-refractivity contribution in [2.75, 3.05) is 0 Å². The first-order chi connectivity index (χ1) is 13.6. The molecule has 3 aromatic carbocycles. The highest BCUT2D eigenvalue weighted by Crippen LogP contribution is 2.38. The Morgan fingerprint density at radius 3 is 2.18 bits per heavy atom. The largest absolute Gasteiger partial charge is 0.548 e. The van der Waals surface area contributed by atoms with Crippen LogP contribution in [0.3, 0.4) is 0 Å². The molecule has 4 rings (SSSR count). The summed E-state index contributed by atoms with van der Waals surface area (Å²) in [6, 6.07) is 19.8. The standard InChI is InChI=1S/C23H17NO4/c25-21-16-10-5-4-9-15(16)20-17(21)11-6-12-18(20)22(26)24-19(23(27)28)13-14-7-2-1-3-8-14/h1-12,19H,13H2,(H,24,26)(H,27,28)/p-1/t19-/m0/s1. The van der Waals surface area contributed by atoms with E-state index in [0.29, 0.717) is 22.3 Å². The summed E-state index contributed by atoms with van der Waals surface area (Å²) in [7, 11) is 0. The molecule has 0 spiro atoms. The number of fused-ring (bicyclic) bond motifs is 3. The molecule has 5 heteroatoms. The molecule has 0 radical (unpaired) electrons. The van der Waals surface area contributed by atoms with Crippen molar-refractivity contribution >= 4 is 17.7 Å². The van der Waals surface area contributed by atoms with Gasteiger partial charge in [-0.15, -0.1) is 0 Å². The van der Waals surface area contributed by atoms with Crippen LogP contribution in [0.15, 0.2) is 72.8 Å². The van der Waals surface area contributed by atoms with Crippen LogP contribution in [-0.2, 0) is 11.2 Å². The molecule has 0 fully saturated rings. The maximum atomic E-state index is 12.9. The number of carboxylic acid groups (broad SMARTS) is 1. The van der Waals surface area contributed by atoms with Crippen LogP contribution in [0.2, 0.25) is 0 Å². The average Bonchev–Trinajstić information content (AvgIpc) is 3.01. The zero-order valence-electron chi connectivity index (χ0n) is 14.8. The molecule has 0 saturated heterocycles. The fourth-order valence-electron chi connectivity index (χ4n) is 3.54. The van der Waals surface area contributed by atoms with E-state index in [4.69, 9.17) is 0 Å². The van der Waals surface area contributed by atoms with E-state index in [-0.39, 0.29) is 17.8 Å². The molecule has 0 bridgehead atoms. The molecule has 28 heavy (non-hydrogen) atoms. The number of aliphatic carboxylic acids is 1. The van der Waals surface area contributed by atoms with Crippen molar-refractivity contribution in [1.29, 1.82) is 0 Å². The molecule has 1 N–H and O–H groups in total. The fraction of sp³-hybridized carbons (Fsp3) is 0.0870. The lowest BCUT2D eigenvalue weighted by Crippen LogP contribution is -2.49. The van der Waals surface area contributed by atoms with Crippen molar-refractivity contribution in [3.8, 4) is 11.1 Å². The molecule has 0 saturated carbocycles. The quantitative estimate of drug-likeness (QED) is 0.582. The van der Waals surface area contributed by atoms with Gasteiger partial charge in [-0.3, -0.25) is 9.59 Å². The third kappa shape index (κ3) is 3.07. The predicted octanol–water partition coefficient (Wildman–Crippen LogP) is 1.99. The van der Waals surface area contributed by atoms with Gasteiger partial charge < -0.3 is 15.2 Å². The minimum Gasteiger partial charge on any atom is -0.548 e. The second-order valence-corrected chi connectivity index (χ2v) is 6.64. The molecular formula is C23H16NO4-. The Bertz CT molecular complexity index is 1090. The fourth-order valence-corrected chi connectivity index (χ4v) is 3.54. The zero-order chi connectivity index (χ0) is 19.7. The maximum absolute atomic E-state index is 12.9. The summed E-state index contributed by atoms with van der Waals surface area (Å²) in [6.07, 6.45) is 0.111. The maximum Gasteiger partial charge on any atom is 0.252 e. The van der Waals surface area contributed by atoms with Gasteiger partial charge in [-0.05, 0) is 23.6 Å². The highest BCUT2D eigenvalue weighted by Gasteiger charge is 2.30. The van der Waals surface area contributed by atoms with Gasteiger partial charge in [0.1, 0.15) is 0 Å². The van der Waals surface area contributed by atoms with Crippen LogP contribution in [0.1, 0.15) is 31.8 Å². The monoisotopic (exact) mass is 370 g/mol. The number of ketones is 1. The molecule has 0 aromatic heterocycles. The van der Waals surface area contributed by atoms with Crippen LogP contribution in [0.25, 0.3) is 11.1 Å². The summed E-state index contributed by atoms with van der Waals surface area (Å²) in [5, 5.41) is 14.1. The zero-order valence-corrected chi connectivity index (χ0v) is 14.8. The van der Waals surface area contributed by atoms with Gasteiger partial charge in [-0.2, -0.15) is 0 Å². The molecule has 1 aliphatic carbocycles. The smallest absolute Gasteiger partial charge is 0.252 e. The van der Waals surface area contributed by atoms with Gasteiger partial charge in [0.05, 0.1) is 12.0 Å². The first kappa shape index (κ1) is 17.7. The van der Waals surface area contributed by atoms with Crippen LogP contribution in [0, 0.1) is 0 Å². The predicted molar refractivity (Wildman–Crippen MR) is 102 cm³/mol. The highest BCUT2D eigenvalue weighted by molar-refractivity contribution is 6.24. The van der Waals surface area contributed by atoms with Crippen LogP contribution >= 0.6 is 0 Å². The third-order valence-corrected chi connectivity index (χ3v) is 4.87. The average molecular weight is 370 g/mol.